The Labute approximate surface area is 188 Å². The van der Waals surface area contributed by atoms with Crippen molar-refractivity contribution in [3.05, 3.63) is 52.0 Å². The van der Waals surface area contributed by atoms with Gasteiger partial charge in [-0.25, -0.2) is 0 Å². The third kappa shape index (κ3) is 6.98. The van der Waals surface area contributed by atoms with Crippen LogP contribution in [0.2, 0.25) is 0 Å². The van der Waals surface area contributed by atoms with E-state index in [9.17, 15) is 0 Å². The van der Waals surface area contributed by atoms with E-state index in [1.807, 2.05) is 42.8 Å². The van der Waals surface area contributed by atoms with E-state index in [2.05, 4.69) is 44.6 Å². The first kappa shape index (κ1) is 23.1. The third-order valence-corrected chi connectivity index (χ3v) is 5.76. The van der Waals surface area contributed by atoms with Gasteiger partial charge < -0.3 is 15.4 Å². The van der Waals surface area contributed by atoms with Crippen LogP contribution in [0.3, 0.4) is 0 Å². The van der Waals surface area contributed by atoms with Gasteiger partial charge in [-0.15, -0.1) is 35.3 Å². The number of ether oxygens (including phenoxy) is 1. The summed E-state index contributed by atoms with van der Waals surface area (Å²) in [5, 5.41) is 6.90. The molecule has 3 rings (SSSR count). The number of aliphatic imine (C=N–C) groups is 1. The Morgan fingerprint density at radius 2 is 2.07 bits per heavy atom. The molecule has 1 aliphatic rings. The summed E-state index contributed by atoms with van der Waals surface area (Å²) in [6.07, 6.45) is 2.71. The predicted octanol–water partition coefficient (Wildman–Crippen LogP) is 2.85. The van der Waals surface area contributed by atoms with E-state index in [4.69, 9.17) is 4.74 Å². The average Bonchev–Trinajstić information content (AvgIpc) is 3.14. The van der Waals surface area contributed by atoms with Gasteiger partial charge in [-0.05, 0) is 31.2 Å². The Bertz CT molecular complexity index is 718. The fraction of sp³-hybridized carbons (Fsp3) is 0.500. The molecule has 28 heavy (non-hydrogen) atoms. The van der Waals surface area contributed by atoms with Crippen molar-refractivity contribution in [2.45, 2.75) is 19.4 Å². The van der Waals surface area contributed by atoms with Gasteiger partial charge >= 0.3 is 0 Å². The van der Waals surface area contributed by atoms with Gasteiger partial charge in [-0.3, -0.25) is 14.9 Å². The molecule has 1 atom stereocenters. The Morgan fingerprint density at radius 1 is 1.25 bits per heavy atom. The Hall–Kier alpha value is -1.23. The van der Waals surface area contributed by atoms with Crippen molar-refractivity contribution >= 4 is 41.3 Å². The van der Waals surface area contributed by atoms with E-state index in [-0.39, 0.29) is 24.0 Å². The van der Waals surface area contributed by atoms with Crippen LogP contribution >= 0.6 is 35.3 Å². The second-order valence-corrected chi connectivity index (χ2v) is 7.88. The molecule has 0 saturated carbocycles. The number of nitrogens with one attached hydrogen (secondary N) is 2. The van der Waals surface area contributed by atoms with Crippen molar-refractivity contribution in [1.29, 1.82) is 0 Å². The van der Waals surface area contributed by atoms with Crippen LogP contribution in [-0.4, -0.2) is 62.3 Å². The molecule has 0 aliphatic carbocycles. The highest BCUT2D eigenvalue weighted by molar-refractivity contribution is 14.0. The number of rotatable bonds is 7. The fourth-order valence-corrected chi connectivity index (χ4v) is 4.21. The number of aromatic nitrogens is 1. The molecule has 1 unspecified atom stereocenters. The molecule has 2 aromatic rings. The van der Waals surface area contributed by atoms with Crippen LogP contribution < -0.4 is 10.6 Å². The number of thiophene rings is 1. The summed E-state index contributed by atoms with van der Waals surface area (Å²) in [4.78, 5) is 14.0. The first-order chi connectivity index (χ1) is 13.3. The van der Waals surface area contributed by atoms with Gasteiger partial charge in [0.05, 0.1) is 19.3 Å². The number of aryl methyl sites for hydroxylation is 1. The molecule has 154 valence electrons. The van der Waals surface area contributed by atoms with E-state index in [1.165, 1.54) is 9.75 Å². The van der Waals surface area contributed by atoms with E-state index in [0.29, 0.717) is 6.04 Å². The van der Waals surface area contributed by atoms with E-state index in [1.54, 1.807) is 0 Å². The zero-order valence-corrected chi connectivity index (χ0v) is 19.7. The summed E-state index contributed by atoms with van der Waals surface area (Å²) in [6.45, 7) is 7.33. The van der Waals surface area contributed by atoms with Gasteiger partial charge in [-0.2, -0.15) is 0 Å². The number of hydrogen-bond donors (Lipinski definition) is 2. The van der Waals surface area contributed by atoms with Crippen molar-refractivity contribution in [2.75, 3.05) is 46.4 Å². The monoisotopic (exact) mass is 515 g/mol. The molecular weight excluding hydrogens is 485 g/mol. The summed E-state index contributed by atoms with van der Waals surface area (Å²) in [6, 6.07) is 10.8. The maximum absolute atomic E-state index is 5.53. The van der Waals surface area contributed by atoms with Crippen LogP contribution in [-0.2, 0) is 11.2 Å². The molecule has 1 fully saturated rings. The molecule has 0 radical (unpaired) electrons. The summed E-state index contributed by atoms with van der Waals surface area (Å²) in [7, 11) is 1.81. The third-order valence-electron chi connectivity index (χ3n) is 4.66. The highest BCUT2D eigenvalue weighted by Crippen LogP contribution is 2.27. The number of nitrogens with zero attached hydrogens (tertiary/aromatic N) is 3. The highest BCUT2D eigenvalue weighted by atomic mass is 127. The van der Waals surface area contributed by atoms with Gasteiger partial charge in [-0.1, -0.05) is 6.07 Å². The molecular formula is C20H30IN5OS. The number of guanidine groups is 1. The highest BCUT2D eigenvalue weighted by Gasteiger charge is 2.24. The average molecular weight is 515 g/mol. The van der Waals surface area contributed by atoms with Crippen molar-refractivity contribution in [2.24, 2.45) is 4.99 Å². The maximum atomic E-state index is 5.53. The van der Waals surface area contributed by atoms with Crippen molar-refractivity contribution in [1.82, 2.24) is 20.5 Å². The van der Waals surface area contributed by atoms with Gasteiger partial charge in [0.1, 0.15) is 0 Å². The van der Waals surface area contributed by atoms with E-state index in [0.717, 1.165) is 57.5 Å². The maximum Gasteiger partial charge on any atom is 0.191 e. The van der Waals surface area contributed by atoms with Gasteiger partial charge in [0.2, 0.25) is 0 Å². The topological polar surface area (TPSA) is 61.8 Å². The second kappa shape index (κ2) is 12.4. The molecule has 0 amide bonds. The van der Waals surface area contributed by atoms with Crippen molar-refractivity contribution in [3.63, 3.8) is 0 Å². The fourth-order valence-electron chi connectivity index (χ4n) is 3.20. The quantitative estimate of drug-likeness (QED) is 0.338. The second-order valence-electron chi connectivity index (χ2n) is 6.56. The van der Waals surface area contributed by atoms with Gasteiger partial charge in [0, 0.05) is 61.3 Å². The Morgan fingerprint density at radius 3 is 2.71 bits per heavy atom. The summed E-state index contributed by atoms with van der Waals surface area (Å²) < 4.78 is 5.53. The molecule has 6 nitrogen and oxygen atoms in total. The SMILES string of the molecule is CN=C(NCCc1ccccn1)NCC(c1ccc(C)s1)N1CCOCC1.I. The van der Waals surface area contributed by atoms with Crippen LogP contribution in [0.5, 0.6) is 0 Å². The minimum absolute atomic E-state index is 0. The molecule has 0 bridgehead atoms. The standard InChI is InChI=1S/C20H29N5OS.HI/c1-16-6-7-19(27-16)18(25-11-13-26-14-12-25)15-24-20(21-2)23-10-8-17-5-3-4-9-22-17;/h3-7,9,18H,8,10-15H2,1-2H3,(H2,21,23,24);1H. The first-order valence-corrected chi connectivity index (χ1v) is 10.3. The molecule has 1 aliphatic heterocycles. The minimum Gasteiger partial charge on any atom is -0.379 e. The lowest BCUT2D eigenvalue weighted by Gasteiger charge is -2.34. The van der Waals surface area contributed by atoms with E-state index < -0.39 is 0 Å². The Balaban J connectivity index is 0.00000280. The lowest BCUT2D eigenvalue weighted by Crippen LogP contribution is -2.46. The van der Waals surface area contributed by atoms with Gasteiger partial charge in [0.15, 0.2) is 5.96 Å². The van der Waals surface area contributed by atoms with Gasteiger partial charge in [0.25, 0.3) is 0 Å². The largest absolute Gasteiger partial charge is 0.379 e. The number of morpholine rings is 1. The number of halogens is 1. The van der Waals surface area contributed by atoms with Crippen molar-refractivity contribution in [3.8, 4) is 0 Å². The zero-order chi connectivity index (χ0) is 18.9. The summed E-state index contributed by atoms with van der Waals surface area (Å²) in [5.41, 5.74) is 1.08. The van der Waals surface area contributed by atoms with Crippen LogP contribution in [0.1, 0.15) is 21.5 Å². The number of pyridine rings is 1. The van der Waals surface area contributed by atoms with Crippen LogP contribution in [0.4, 0.5) is 0 Å². The molecule has 2 N–H and O–H groups in total. The lowest BCUT2D eigenvalue weighted by atomic mass is 10.2. The van der Waals surface area contributed by atoms with E-state index >= 15 is 0 Å². The predicted molar refractivity (Wildman–Crippen MR) is 127 cm³/mol. The zero-order valence-electron chi connectivity index (χ0n) is 16.6. The van der Waals surface area contributed by atoms with Crippen LogP contribution in [0.25, 0.3) is 0 Å². The molecule has 0 spiro atoms. The Kier molecular flexibility index (Phi) is 10.2. The van der Waals surface area contributed by atoms with Crippen LogP contribution in [0.15, 0.2) is 41.5 Å². The molecule has 8 heteroatoms. The van der Waals surface area contributed by atoms with Crippen molar-refractivity contribution < 1.29 is 4.74 Å². The summed E-state index contributed by atoms with van der Waals surface area (Å²) in [5.74, 6) is 0.831. The first-order valence-electron chi connectivity index (χ1n) is 9.49. The summed E-state index contributed by atoms with van der Waals surface area (Å²) >= 11 is 1.87. The minimum atomic E-state index is 0. The lowest BCUT2D eigenvalue weighted by molar-refractivity contribution is 0.0177. The molecule has 3 heterocycles. The molecule has 0 aromatic carbocycles. The smallest absolute Gasteiger partial charge is 0.191 e. The van der Waals surface area contributed by atoms with Crippen LogP contribution in [0, 0.1) is 6.92 Å². The molecule has 2 aromatic heterocycles. The molecule has 1 saturated heterocycles. The number of hydrogen-bond acceptors (Lipinski definition) is 5. The normalized spacial score (nSPS) is 16.3.